The Labute approximate surface area is 256 Å². The van der Waals surface area contributed by atoms with Crippen LogP contribution in [0.2, 0.25) is 0 Å². The molecule has 0 aliphatic carbocycles. The number of para-hydroxylation sites is 1. The maximum atomic E-state index is 13.0. The van der Waals surface area contributed by atoms with Crippen LogP contribution in [0.15, 0.2) is 79.7 Å². The van der Waals surface area contributed by atoms with E-state index in [2.05, 4.69) is 26.1 Å². The minimum absolute atomic E-state index is 0. The Kier molecular flexibility index (Phi) is 11.2. The van der Waals surface area contributed by atoms with Crippen LogP contribution in [0.1, 0.15) is 0 Å². The number of methoxy groups -OCH3 is 2. The van der Waals surface area contributed by atoms with Gasteiger partial charge in [0, 0.05) is 17.8 Å². The molecule has 0 heterocycles. The number of anilines is 4. The number of hydrazone groups is 1. The first-order valence-corrected chi connectivity index (χ1v) is 13.6. The average Bonchev–Trinajstić information content (AvgIpc) is 2.88. The van der Waals surface area contributed by atoms with Gasteiger partial charge in [0.2, 0.25) is 0 Å². The van der Waals surface area contributed by atoms with Crippen LogP contribution >= 0.6 is 0 Å². The molecule has 0 atom stereocenters. The number of nitrogens with one attached hydrogen (secondary N) is 2. The van der Waals surface area contributed by atoms with Gasteiger partial charge >= 0.3 is 29.6 Å². The number of hydrogen-bond donors (Lipinski definition) is 6. The molecule has 0 unspecified atom stereocenters. The summed E-state index contributed by atoms with van der Waals surface area (Å²) in [5, 5.41) is 14.0. The van der Waals surface area contributed by atoms with Crippen molar-refractivity contribution < 1.29 is 69.8 Å². The molecule has 0 aromatic heterocycles. The number of nitrogens with zero attached hydrogens (tertiary/aromatic N) is 3. The van der Waals surface area contributed by atoms with Crippen LogP contribution in [0.25, 0.3) is 0 Å². The van der Waals surface area contributed by atoms with Gasteiger partial charge in [-0.3, -0.25) is 19.3 Å². The van der Waals surface area contributed by atoms with E-state index in [1.54, 1.807) is 30.3 Å². The number of nitrogens with two attached hydrogens (primary N) is 2. The minimum atomic E-state index is -4.75. The van der Waals surface area contributed by atoms with Crippen molar-refractivity contribution in [2.45, 2.75) is 9.79 Å². The van der Waals surface area contributed by atoms with E-state index in [0.29, 0.717) is 5.69 Å². The fourth-order valence-corrected chi connectivity index (χ4v) is 4.37. The molecule has 0 aliphatic rings. The molecule has 212 valence electrons. The second-order valence-electron chi connectivity index (χ2n) is 7.67. The van der Waals surface area contributed by atoms with E-state index < -0.39 is 41.8 Å². The van der Waals surface area contributed by atoms with E-state index in [-0.39, 0.29) is 63.8 Å². The summed E-state index contributed by atoms with van der Waals surface area (Å²) in [6, 6.07) is 12.1. The number of azo groups is 1. The number of benzene rings is 3. The Balaban J connectivity index is 0.00000588. The molecular formula is C22H23N7NaO9S2+. The summed E-state index contributed by atoms with van der Waals surface area (Å²) < 4.78 is 75.9. The van der Waals surface area contributed by atoms with Crippen LogP contribution < -0.4 is 61.2 Å². The SMILES string of the molecule is COc1cc(N)c(S(=O)(=O)O)cc1N=N/C(=N/Nc1cc(S(=O)(=O)O)c(N)cc1OC)C(=O)Nc1ccccc1.[Na+]. The molecule has 19 heteroatoms. The van der Waals surface area contributed by atoms with Gasteiger partial charge in [-0.2, -0.15) is 16.8 Å². The molecule has 0 radical (unpaired) electrons. The molecule has 8 N–H and O–H groups in total. The van der Waals surface area contributed by atoms with Gasteiger partial charge in [-0.1, -0.05) is 18.2 Å². The van der Waals surface area contributed by atoms with Crippen molar-refractivity contribution in [3.05, 3.63) is 54.6 Å². The number of ether oxygens (including phenoxy) is 2. The van der Waals surface area contributed by atoms with Crippen molar-refractivity contribution in [1.82, 2.24) is 0 Å². The normalized spacial score (nSPS) is 12.0. The zero-order chi connectivity index (χ0) is 29.7. The molecule has 1 amide bonds. The van der Waals surface area contributed by atoms with Crippen LogP contribution in [-0.4, -0.2) is 51.9 Å². The van der Waals surface area contributed by atoms with E-state index in [4.69, 9.17) is 20.9 Å². The van der Waals surface area contributed by atoms with E-state index in [1.807, 2.05) is 0 Å². The summed E-state index contributed by atoms with van der Waals surface area (Å²) in [7, 11) is -7.00. The third-order valence-corrected chi connectivity index (χ3v) is 6.79. The molecule has 0 saturated heterocycles. The summed E-state index contributed by atoms with van der Waals surface area (Å²) in [6.07, 6.45) is 0. The van der Waals surface area contributed by atoms with Gasteiger partial charge in [0.1, 0.15) is 27.0 Å². The van der Waals surface area contributed by atoms with Gasteiger partial charge < -0.3 is 26.3 Å². The van der Waals surface area contributed by atoms with E-state index in [0.717, 1.165) is 24.3 Å². The molecule has 3 aromatic carbocycles. The van der Waals surface area contributed by atoms with E-state index >= 15 is 0 Å². The van der Waals surface area contributed by atoms with Gasteiger partial charge in [0.05, 0.1) is 31.3 Å². The third kappa shape index (κ3) is 8.60. The Morgan fingerprint density at radius 1 is 0.854 bits per heavy atom. The molecule has 0 spiro atoms. The van der Waals surface area contributed by atoms with Crippen LogP contribution in [0.4, 0.5) is 28.4 Å². The number of amides is 1. The Morgan fingerprint density at radius 2 is 1.39 bits per heavy atom. The van der Waals surface area contributed by atoms with Gasteiger partial charge in [-0.15, -0.1) is 15.3 Å². The van der Waals surface area contributed by atoms with Crippen molar-refractivity contribution >= 4 is 60.4 Å². The molecule has 0 bridgehead atoms. The Hall–Kier alpha value is -3.78. The second kappa shape index (κ2) is 13.7. The molecule has 41 heavy (non-hydrogen) atoms. The monoisotopic (exact) mass is 616 g/mol. The molecule has 3 rings (SSSR count). The van der Waals surface area contributed by atoms with Crippen molar-refractivity contribution in [2.75, 3.05) is 36.4 Å². The van der Waals surface area contributed by atoms with Crippen molar-refractivity contribution in [1.29, 1.82) is 0 Å². The third-order valence-electron chi connectivity index (χ3n) is 4.97. The summed E-state index contributed by atoms with van der Waals surface area (Å²) in [5.74, 6) is -1.62. The summed E-state index contributed by atoms with van der Waals surface area (Å²) >= 11 is 0. The molecule has 0 aliphatic heterocycles. The number of rotatable bonds is 8. The second-order valence-corrected chi connectivity index (χ2v) is 10.4. The van der Waals surface area contributed by atoms with Crippen molar-refractivity contribution in [3.63, 3.8) is 0 Å². The zero-order valence-corrected chi connectivity index (χ0v) is 25.4. The fourth-order valence-electron chi connectivity index (χ4n) is 3.13. The first-order valence-electron chi connectivity index (χ1n) is 10.8. The van der Waals surface area contributed by atoms with E-state index in [9.17, 15) is 30.7 Å². The predicted octanol–water partition coefficient (Wildman–Crippen LogP) is -0.486. The Bertz CT molecular complexity index is 1720. The molecular weight excluding hydrogens is 593 g/mol. The molecule has 3 aromatic rings. The number of carbonyl (C=O) groups excluding carboxylic acids is 1. The van der Waals surface area contributed by atoms with Crippen molar-refractivity contribution in [2.24, 2.45) is 15.3 Å². The summed E-state index contributed by atoms with van der Waals surface area (Å²) in [4.78, 5) is 11.7. The quantitative estimate of drug-likeness (QED) is 0.0356. The van der Waals surface area contributed by atoms with E-state index in [1.165, 1.54) is 14.2 Å². The van der Waals surface area contributed by atoms with Gasteiger partial charge in [0.25, 0.3) is 32.0 Å². The summed E-state index contributed by atoms with van der Waals surface area (Å²) in [5.41, 5.74) is 13.1. The fraction of sp³-hybridized carbons (Fsp3) is 0.0909. The maximum absolute atomic E-state index is 13.0. The number of nitrogen functional groups attached to an aromatic ring is 2. The molecule has 0 saturated carbocycles. The average molecular weight is 617 g/mol. The minimum Gasteiger partial charge on any atom is -0.494 e. The van der Waals surface area contributed by atoms with Gasteiger partial charge in [0.15, 0.2) is 0 Å². The van der Waals surface area contributed by atoms with Gasteiger partial charge in [-0.05, 0) is 24.3 Å². The summed E-state index contributed by atoms with van der Waals surface area (Å²) in [6.45, 7) is 0. The first-order chi connectivity index (χ1) is 18.7. The van der Waals surface area contributed by atoms with Crippen molar-refractivity contribution in [3.8, 4) is 11.5 Å². The number of carbonyl (C=O) groups is 1. The standard InChI is InChI=1S/C22H23N7O9S2.Na/c1-37-17-8-13(23)19(39(31,32)33)10-15(17)26-28-21(22(30)25-12-6-4-3-5-7-12)29-27-16-11-20(40(34,35)36)14(24)9-18(16)38-2;/h3-11,26H,23-24H2,1-2H3,(H,25,30)(H,31,32,33)(H,34,35,36);/q;+1/b28-21+,29-27?;. The number of amidine groups is 1. The molecule has 16 nitrogen and oxygen atoms in total. The van der Waals surface area contributed by atoms with Crippen LogP contribution in [0.5, 0.6) is 11.5 Å². The number of hydrogen-bond acceptors (Lipinski definition) is 12. The predicted molar refractivity (Wildman–Crippen MR) is 145 cm³/mol. The van der Waals surface area contributed by atoms with Crippen LogP contribution in [-0.2, 0) is 25.0 Å². The maximum Gasteiger partial charge on any atom is 1.00 e. The van der Waals surface area contributed by atoms with Crippen LogP contribution in [0.3, 0.4) is 0 Å². The first kappa shape index (κ1) is 33.4. The largest absolute Gasteiger partial charge is 1.00 e. The topological polar surface area (TPSA) is 257 Å². The van der Waals surface area contributed by atoms with Crippen LogP contribution in [0, 0.1) is 0 Å². The molecule has 0 fully saturated rings. The zero-order valence-electron chi connectivity index (χ0n) is 21.8. The van der Waals surface area contributed by atoms with Gasteiger partial charge in [-0.25, -0.2) is 0 Å². The Morgan fingerprint density at radius 3 is 1.93 bits per heavy atom. The smallest absolute Gasteiger partial charge is 0.494 e.